The van der Waals surface area contributed by atoms with Crippen LogP contribution in [0.3, 0.4) is 0 Å². The second-order valence-corrected chi connectivity index (χ2v) is 3.13. The fraction of sp³-hybridized carbons (Fsp3) is 0.857. The highest BCUT2D eigenvalue weighted by atomic mass is 35.5. The van der Waals surface area contributed by atoms with Gasteiger partial charge in [0, 0.05) is 19.0 Å². The quantitative estimate of drug-likeness (QED) is 0.542. The zero-order valence-electron chi connectivity index (χ0n) is 6.30. The molecular formula is C7H13ClN2O. The second kappa shape index (κ2) is 3.41. The van der Waals surface area contributed by atoms with E-state index in [-0.39, 0.29) is 18.3 Å². The fourth-order valence-electron chi connectivity index (χ4n) is 1.83. The van der Waals surface area contributed by atoms with Gasteiger partial charge in [-0.25, -0.2) is 0 Å². The fourth-order valence-corrected chi connectivity index (χ4v) is 1.83. The highest BCUT2D eigenvalue weighted by Crippen LogP contribution is 2.21. The molecule has 0 aromatic heterocycles. The van der Waals surface area contributed by atoms with Crippen molar-refractivity contribution in [3.05, 3.63) is 0 Å². The summed E-state index contributed by atoms with van der Waals surface area (Å²) in [4.78, 5) is 10.9. The average molecular weight is 177 g/mol. The van der Waals surface area contributed by atoms with Gasteiger partial charge in [0.05, 0.1) is 0 Å². The molecular weight excluding hydrogens is 164 g/mol. The zero-order chi connectivity index (χ0) is 6.97. The van der Waals surface area contributed by atoms with Crippen LogP contribution in [-0.4, -0.2) is 25.0 Å². The first-order valence-electron chi connectivity index (χ1n) is 3.86. The summed E-state index contributed by atoms with van der Waals surface area (Å²) in [6.07, 6.45) is 1.91. The van der Waals surface area contributed by atoms with Gasteiger partial charge in [0.15, 0.2) is 0 Å². The molecule has 0 spiro atoms. The van der Waals surface area contributed by atoms with E-state index in [0.29, 0.717) is 12.0 Å². The van der Waals surface area contributed by atoms with Crippen molar-refractivity contribution >= 4 is 18.3 Å². The molecule has 2 heterocycles. The minimum Gasteiger partial charge on any atom is -0.352 e. The summed E-state index contributed by atoms with van der Waals surface area (Å²) in [6.45, 7) is 2.05. The van der Waals surface area contributed by atoms with Crippen LogP contribution in [0.25, 0.3) is 0 Å². The van der Waals surface area contributed by atoms with E-state index in [1.165, 1.54) is 0 Å². The average Bonchev–Trinajstić information content (AvgIpc) is 2.27. The molecule has 2 atom stereocenters. The molecule has 2 fully saturated rings. The molecule has 2 rings (SSSR count). The summed E-state index contributed by atoms with van der Waals surface area (Å²) in [5.74, 6) is 0.854. The van der Waals surface area contributed by atoms with Crippen molar-refractivity contribution in [2.75, 3.05) is 13.1 Å². The predicted molar refractivity (Wildman–Crippen MR) is 44.8 cm³/mol. The molecule has 0 saturated carbocycles. The van der Waals surface area contributed by atoms with E-state index in [1.54, 1.807) is 0 Å². The summed E-state index contributed by atoms with van der Waals surface area (Å²) < 4.78 is 0. The number of piperidine rings is 1. The van der Waals surface area contributed by atoms with Gasteiger partial charge in [-0.15, -0.1) is 12.4 Å². The Labute approximate surface area is 72.3 Å². The molecule has 2 N–H and O–H groups in total. The van der Waals surface area contributed by atoms with E-state index in [9.17, 15) is 4.79 Å². The Kier molecular flexibility index (Phi) is 2.73. The minimum atomic E-state index is 0. The summed E-state index contributed by atoms with van der Waals surface area (Å²) in [5, 5.41) is 6.22. The Balaban J connectivity index is 0.000000605. The highest BCUT2D eigenvalue weighted by Gasteiger charge is 2.33. The normalized spacial score (nSPS) is 35.5. The largest absolute Gasteiger partial charge is 0.352 e. The van der Waals surface area contributed by atoms with Crippen LogP contribution in [0.4, 0.5) is 0 Å². The number of nitrogens with one attached hydrogen (secondary N) is 2. The van der Waals surface area contributed by atoms with Gasteiger partial charge in [-0.05, 0) is 18.9 Å². The molecule has 1 amide bonds. The lowest BCUT2D eigenvalue weighted by Crippen LogP contribution is -2.44. The van der Waals surface area contributed by atoms with E-state index < -0.39 is 0 Å². The zero-order valence-corrected chi connectivity index (χ0v) is 7.12. The first-order valence-corrected chi connectivity index (χ1v) is 3.86. The first kappa shape index (κ1) is 8.81. The second-order valence-electron chi connectivity index (χ2n) is 3.13. The molecule has 11 heavy (non-hydrogen) atoms. The van der Waals surface area contributed by atoms with Gasteiger partial charge < -0.3 is 10.6 Å². The predicted octanol–water partition coefficient (Wildman–Crippen LogP) is -0.0938. The SMILES string of the molecule is Cl.O=C1C[C@H]2CCNC[C@H]2N1. The Morgan fingerprint density at radius 3 is 3.00 bits per heavy atom. The third-order valence-electron chi connectivity index (χ3n) is 2.42. The number of halogens is 1. The highest BCUT2D eigenvalue weighted by molar-refractivity contribution is 5.85. The van der Waals surface area contributed by atoms with Crippen LogP contribution in [0, 0.1) is 5.92 Å². The van der Waals surface area contributed by atoms with Crippen LogP contribution < -0.4 is 10.6 Å². The van der Waals surface area contributed by atoms with Gasteiger partial charge in [-0.1, -0.05) is 0 Å². The van der Waals surface area contributed by atoms with E-state index >= 15 is 0 Å². The van der Waals surface area contributed by atoms with E-state index in [4.69, 9.17) is 0 Å². The molecule has 0 aromatic carbocycles. The third-order valence-corrected chi connectivity index (χ3v) is 2.42. The van der Waals surface area contributed by atoms with Crippen LogP contribution in [0.2, 0.25) is 0 Å². The van der Waals surface area contributed by atoms with Crippen molar-refractivity contribution in [3.8, 4) is 0 Å². The topological polar surface area (TPSA) is 41.1 Å². The lowest BCUT2D eigenvalue weighted by atomic mass is 9.94. The molecule has 2 aliphatic rings. The maximum absolute atomic E-state index is 10.9. The monoisotopic (exact) mass is 176 g/mol. The summed E-state index contributed by atoms with van der Waals surface area (Å²) >= 11 is 0. The molecule has 3 nitrogen and oxygen atoms in total. The number of fused-ring (bicyclic) bond motifs is 1. The van der Waals surface area contributed by atoms with Gasteiger partial charge in [-0.3, -0.25) is 4.79 Å². The van der Waals surface area contributed by atoms with Gasteiger partial charge >= 0.3 is 0 Å². The van der Waals surface area contributed by atoms with E-state index in [0.717, 1.165) is 25.9 Å². The number of hydrogen-bond donors (Lipinski definition) is 2. The molecule has 0 bridgehead atoms. The summed E-state index contributed by atoms with van der Waals surface area (Å²) in [7, 11) is 0. The maximum Gasteiger partial charge on any atom is 0.220 e. The van der Waals surface area contributed by atoms with Crippen molar-refractivity contribution in [1.82, 2.24) is 10.6 Å². The van der Waals surface area contributed by atoms with Crippen LogP contribution in [-0.2, 0) is 4.79 Å². The Hall–Kier alpha value is -0.280. The van der Waals surface area contributed by atoms with Gasteiger partial charge in [0.25, 0.3) is 0 Å². The molecule has 0 radical (unpaired) electrons. The number of hydrogen-bond acceptors (Lipinski definition) is 2. The lowest BCUT2D eigenvalue weighted by Gasteiger charge is -2.24. The molecule has 0 unspecified atom stereocenters. The van der Waals surface area contributed by atoms with Crippen LogP contribution >= 0.6 is 12.4 Å². The van der Waals surface area contributed by atoms with Gasteiger partial charge in [0.2, 0.25) is 5.91 Å². The molecule has 4 heteroatoms. The Morgan fingerprint density at radius 1 is 1.45 bits per heavy atom. The Bertz CT molecular complexity index is 147. The first-order chi connectivity index (χ1) is 4.86. The van der Waals surface area contributed by atoms with Crippen molar-refractivity contribution in [1.29, 1.82) is 0 Å². The van der Waals surface area contributed by atoms with Crippen LogP contribution in [0.5, 0.6) is 0 Å². The van der Waals surface area contributed by atoms with Crippen LogP contribution in [0.1, 0.15) is 12.8 Å². The van der Waals surface area contributed by atoms with E-state index in [2.05, 4.69) is 10.6 Å². The summed E-state index contributed by atoms with van der Waals surface area (Å²) in [6, 6.07) is 0.432. The van der Waals surface area contributed by atoms with Crippen molar-refractivity contribution in [2.45, 2.75) is 18.9 Å². The number of carbonyl (C=O) groups is 1. The standard InChI is InChI=1S/C7H12N2O.ClH/c10-7-3-5-1-2-8-4-6(5)9-7;/h5-6,8H,1-4H2,(H,9,10);1H/t5-,6-;/m1./s1. The van der Waals surface area contributed by atoms with Crippen LogP contribution in [0.15, 0.2) is 0 Å². The molecule has 0 aliphatic carbocycles. The Morgan fingerprint density at radius 2 is 2.27 bits per heavy atom. The molecule has 2 saturated heterocycles. The smallest absolute Gasteiger partial charge is 0.220 e. The van der Waals surface area contributed by atoms with Gasteiger partial charge in [0.1, 0.15) is 0 Å². The van der Waals surface area contributed by atoms with Crippen molar-refractivity contribution < 1.29 is 4.79 Å². The van der Waals surface area contributed by atoms with Crippen molar-refractivity contribution in [3.63, 3.8) is 0 Å². The number of amides is 1. The summed E-state index contributed by atoms with van der Waals surface area (Å²) in [5.41, 5.74) is 0. The molecule has 0 aromatic rings. The number of carbonyl (C=O) groups excluding carboxylic acids is 1. The lowest BCUT2D eigenvalue weighted by molar-refractivity contribution is -0.119. The van der Waals surface area contributed by atoms with Gasteiger partial charge in [-0.2, -0.15) is 0 Å². The number of rotatable bonds is 0. The minimum absolute atomic E-state index is 0. The molecule has 64 valence electrons. The van der Waals surface area contributed by atoms with Crippen molar-refractivity contribution in [2.24, 2.45) is 5.92 Å². The molecule has 2 aliphatic heterocycles. The third kappa shape index (κ3) is 1.65. The maximum atomic E-state index is 10.9. The van der Waals surface area contributed by atoms with E-state index in [1.807, 2.05) is 0 Å².